The van der Waals surface area contributed by atoms with E-state index in [0.29, 0.717) is 29.8 Å². The fourth-order valence-corrected chi connectivity index (χ4v) is 2.88. The zero-order valence-electron chi connectivity index (χ0n) is 16.0. The molecular formula is C23H22F2N2O2. The smallest absolute Gasteiger partial charge is 0.167 e. The standard InChI is InChI=1S/C23H22F2N2O2/c1-15(28)5-3-2-4-6-16-9-12-20(22(25)21(16)24)18-13-26-23(27-14-18)17-7-10-19(29)11-8-17/h4,6-15,28-29H,2-3,5H2,1H3/b6-4+. The number of benzene rings is 2. The Morgan fingerprint density at radius 2 is 1.66 bits per heavy atom. The number of hydrogen-bond acceptors (Lipinski definition) is 4. The first-order valence-corrected chi connectivity index (χ1v) is 9.40. The van der Waals surface area contributed by atoms with Crippen LogP contribution in [0.25, 0.3) is 28.6 Å². The maximum absolute atomic E-state index is 14.6. The van der Waals surface area contributed by atoms with Crippen molar-refractivity contribution < 1.29 is 19.0 Å². The van der Waals surface area contributed by atoms with Crippen LogP contribution in [-0.4, -0.2) is 26.3 Å². The number of halogens is 2. The maximum atomic E-state index is 14.6. The Labute approximate surface area is 168 Å². The number of aliphatic hydroxyl groups is 1. The van der Waals surface area contributed by atoms with Gasteiger partial charge in [-0.25, -0.2) is 18.7 Å². The van der Waals surface area contributed by atoms with Gasteiger partial charge in [0, 0.05) is 34.6 Å². The maximum Gasteiger partial charge on any atom is 0.167 e. The number of allylic oxidation sites excluding steroid dienone is 1. The summed E-state index contributed by atoms with van der Waals surface area (Å²) >= 11 is 0. The fraction of sp³-hybridized carbons (Fsp3) is 0.217. The summed E-state index contributed by atoms with van der Waals surface area (Å²) in [7, 11) is 0. The van der Waals surface area contributed by atoms with E-state index in [1.165, 1.54) is 36.7 Å². The lowest BCUT2D eigenvalue weighted by atomic mass is 10.0. The van der Waals surface area contributed by atoms with Crippen molar-refractivity contribution in [3.8, 4) is 28.3 Å². The summed E-state index contributed by atoms with van der Waals surface area (Å²) in [6.07, 6.45) is 7.97. The first kappa shape index (κ1) is 20.6. The number of unbranched alkanes of at least 4 members (excludes halogenated alkanes) is 1. The van der Waals surface area contributed by atoms with Crippen LogP contribution in [0.4, 0.5) is 8.78 Å². The van der Waals surface area contributed by atoms with E-state index in [9.17, 15) is 19.0 Å². The second-order valence-corrected chi connectivity index (χ2v) is 6.85. The normalized spacial score (nSPS) is 12.4. The molecule has 0 amide bonds. The highest BCUT2D eigenvalue weighted by molar-refractivity contribution is 5.67. The topological polar surface area (TPSA) is 66.2 Å². The summed E-state index contributed by atoms with van der Waals surface area (Å²) in [5.74, 6) is -1.31. The van der Waals surface area contributed by atoms with Crippen molar-refractivity contribution in [2.45, 2.75) is 32.3 Å². The minimum atomic E-state index is -0.947. The molecule has 1 atom stereocenters. The average Bonchev–Trinajstić information content (AvgIpc) is 2.71. The minimum Gasteiger partial charge on any atom is -0.508 e. The largest absolute Gasteiger partial charge is 0.508 e. The highest BCUT2D eigenvalue weighted by Crippen LogP contribution is 2.27. The van der Waals surface area contributed by atoms with Crippen LogP contribution in [0.3, 0.4) is 0 Å². The third-order valence-corrected chi connectivity index (χ3v) is 4.49. The fourth-order valence-electron chi connectivity index (χ4n) is 2.88. The zero-order chi connectivity index (χ0) is 20.8. The van der Waals surface area contributed by atoms with E-state index in [0.717, 1.165) is 6.42 Å². The third kappa shape index (κ3) is 5.23. The SMILES string of the molecule is CC(O)CCC/C=C/c1ccc(-c2cnc(-c3ccc(O)cc3)nc2)c(F)c1F. The van der Waals surface area contributed by atoms with Gasteiger partial charge in [-0.05, 0) is 50.5 Å². The Balaban J connectivity index is 1.76. The molecule has 29 heavy (non-hydrogen) atoms. The van der Waals surface area contributed by atoms with Crippen LogP contribution in [0.2, 0.25) is 0 Å². The predicted molar refractivity (Wildman–Crippen MR) is 109 cm³/mol. The van der Waals surface area contributed by atoms with E-state index in [4.69, 9.17) is 0 Å². The number of phenols is 1. The van der Waals surface area contributed by atoms with Crippen molar-refractivity contribution in [3.63, 3.8) is 0 Å². The van der Waals surface area contributed by atoms with Crippen LogP contribution in [-0.2, 0) is 0 Å². The molecule has 0 aliphatic heterocycles. The molecule has 4 nitrogen and oxygen atoms in total. The molecule has 1 unspecified atom stereocenters. The van der Waals surface area contributed by atoms with Crippen molar-refractivity contribution in [3.05, 3.63) is 72.1 Å². The Bertz CT molecular complexity index is 985. The van der Waals surface area contributed by atoms with Crippen LogP contribution < -0.4 is 0 Å². The van der Waals surface area contributed by atoms with Crippen molar-refractivity contribution in [1.29, 1.82) is 0 Å². The van der Waals surface area contributed by atoms with Crippen LogP contribution >= 0.6 is 0 Å². The van der Waals surface area contributed by atoms with E-state index in [2.05, 4.69) is 9.97 Å². The Hall–Kier alpha value is -3.12. The lowest BCUT2D eigenvalue weighted by Gasteiger charge is -2.07. The number of aliphatic hydroxyl groups excluding tert-OH is 1. The molecular weight excluding hydrogens is 374 g/mol. The monoisotopic (exact) mass is 396 g/mol. The molecule has 0 aliphatic rings. The molecule has 0 aliphatic carbocycles. The van der Waals surface area contributed by atoms with Crippen molar-refractivity contribution >= 4 is 6.08 Å². The highest BCUT2D eigenvalue weighted by atomic mass is 19.2. The van der Waals surface area contributed by atoms with E-state index in [-0.39, 0.29) is 23.0 Å². The summed E-state index contributed by atoms with van der Waals surface area (Å²) in [6.45, 7) is 1.72. The minimum absolute atomic E-state index is 0.0889. The van der Waals surface area contributed by atoms with Gasteiger partial charge in [-0.15, -0.1) is 0 Å². The van der Waals surface area contributed by atoms with Crippen molar-refractivity contribution in [2.24, 2.45) is 0 Å². The molecule has 6 heteroatoms. The third-order valence-electron chi connectivity index (χ3n) is 4.49. The van der Waals surface area contributed by atoms with Gasteiger partial charge in [0.25, 0.3) is 0 Å². The molecule has 0 spiro atoms. The number of phenolic OH excluding ortho intramolecular Hbond substituents is 1. The van der Waals surface area contributed by atoms with Gasteiger partial charge in [-0.2, -0.15) is 0 Å². The molecule has 3 rings (SSSR count). The lowest BCUT2D eigenvalue weighted by molar-refractivity contribution is 0.182. The van der Waals surface area contributed by atoms with E-state index in [1.54, 1.807) is 31.2 Å². The van der Waals surface area contributed by atoms with Gasteiger partial charge in [0.05, 0.1) is 6.10 Å². The summed E-state index contributed by atoms with van der Waals surface area (Å²) < 4.78 is 29.0. The molecule has 2 aromatic carbocycles. The first-order valence-electron chi connectivity index (χ1n) is 9.40. The Morgan fingerprint density at radius 3 is 2.31 bits per heavy atom. The molecule has 1 heterocycles. The summed E-state index contributed by atoms with van der Waals surface area (Å²) in [5, 5.41) is 18.6. The number of rotatable bonds is 7. The first-order chi connectivity index (χ1) is 14.0. The van der Waals surface area contributed by atoms with Crippen LogP contribution in [0.15, 0.2) is 54.9 Å². The van der Waals surface area contributed by atoms with E-state index < -0.39 is 11.6 Å². The van der Waals surface area contributed by atoms with Gasteiger partial charge < -0.3 is 10.2 Å². The van der Waals surface area contributed by atoms with Gasteiger partial charge in [0.15, 0.2) is 17.5 Å². The van der Waals surface area contributed by atoms with E-state index >= 15 is 0 Å². The molecule has 0 saturated carbocycles. The number of hydrogen-bond donors (Lipinski definition) is 2. The van der Waals surface area contributed by atoms with Crippen molar-refractivity contribution in [1.82, 2.24) is 9.97 Å². The van der Waals surface area contributed by atoms with E-state index in [1.807, 2.05) is 0 Å². The number of aromatic hydroxyl groups is 1. The van der Waals surface area contributed by atoms with Crippen LogP contribution in [0.5, 0.6) is 5.75 Å². The molecule has 1 aromatic heterocycles. The lowest BCUT2D eigenvalue weighted by Crippen LogP contribution is -1.97. The molecule has 0 fully saturated rings. The summed E-state index contributed by atoms with van der Waals surface area (Å²) in [4.78, 5) is 8.43. The van der Waals surface area contributed by atoms with Gasteiger partial charge in [-0.3, -0.25) is 0 Å². The van der Waals surface area contributed by atoms with Gasteiger partial charge in [0.1, 0.15) is 5.75 Å². The molecule has 150 valence electrons. The Kier molecular flexibility index (Phi) is 6.67. The second-order valence-electron chi connectivity index (χ2n) is 6.85. The molecule has 0 radical (unpaired) electrons. The van der Waals surface area contributed by atoms with Gasteiger partial charge >= 0.3 is 0 Å². The van der Waals surface area contributed by atoms with Crippen molar-refractivity contribution in [2.75, 3.05) is 0 Å². The number of aromatic nitrogens is 2. The van der Waals surface area contributed by atoms with Crippen LogP contribution in [0.1, 0.15) is 31.7 Å². The van der Waals surface area contributed by atoms with Gasteiger partial charge in [0.2, 0.25) is 0 Å². The predicted octanol–water partition coefficient (Wildman–Crippen LogP) is 5.36. The van der Waals surface area contributed by atoms with Crippen LogP contribution in [0, 0.1) is 11.6 Å². The molecule has 0 saturated heterocycles. The summed E-state index contributed by atoms with van der Waals surface area (Å²) in [5.41, 5.74) is 1.34. The molecule has 2 N–H and O–H groups in total. The number of nitrogens with zero attached hydrogens (tertiary/aromatic N) is 2. The molecule has 3 aromatic rings. The average molecular weight is 396 g/mol. The zero-order valence-corrected chi connectivity index (χ0v) is 16.0. The highest BCUT2D eigenvalue weighted by Gasteiger charge is 2.14. The quantitative estimate of drug-likeness (QED) is 0.528. The Morgan fingerprint density at radius 1 is 0.966 bits per heavy atom. The molecule has 0 bridgehead atoms. The second kappa shape index (κ2) is 9.39. The van der Waals surface area contributed by atoms with Gasteiger partial charge in [-0.1, -0.05) is 24.3 Å². The summed E-state index contributed by atoms with van der Waals surface area (Å²) in [6, 6.07) is 9.43.